The number of hydrogen-bond acceptors (Lipinski definition) is 6. The number of aliphatic hydroxyl groups is 1. The number of methoxy groups -OCH3 is 1. The molecule has 0 fully saturated rings. The van der Waals surface area contributed by atoms with Gasteiger partial charge in [0.1, 0.15) is 0 Å². The third-order valence-corrected chi connectivity index (χ3v) is 2.62. The van der Waals surface area contributed by atoms with Crippen molar-refractivity contribution in [3.63, 3.8) is 0 Å². The molecule has 6 nitrogen and oxygen atoms in total. The maximum absolute atomic E-state index is 9.32. The molecule has 1 N–H and O–H groups in total. The number of aromatic nitrogens is 2. The second-order valence-electron chi connectivity index (χ2n) is 3.77. The van der Waals surface area contributed by atoms with Gasteiger partial charge in [0.2, 0.25) is 11.7 Å². The first-order valence-corrected chi connectivity index (χ1v) is 5.91. The topological polar surface area (TPSA) is 77.6 Å². The highest BCUT2D eigenvalue weighted by molar-refractivity contribution is 6.30. The van der Waals surface area contributed by atoms with Crippen LogP contribution in [-0.2, 0) is 13.2 Å². The molecule has 1 heterocycles. The van der Waals surface area contributed by atoms with Crippen LogP contribution in [0, 0.1) is 6.92 Å². The van der Waals surface area contributed by atoms with Gasteiger partial charge in [0.25, 0.3) is 0 Å². The summed E-state index contributed by atoms with van der Waals surface area (Å²) < 4.78 is 15.6. The van der Waals surface area contributed by atoms with Crippen LogP contribution in [0.5, 0.6) is 11.5 Å². The molecular formula is C12H13ClN2O4. The van der Waals surface area contributed by atoms with Crippen molar-refractivity contribution < 1.29 is 19.1 Å². The van der Waals surface area contributed by atoms with E-state index in [4.69, 9.17) is 25.6 Å². The van der Waals surface area contributed by atoms with Gasteiger partial charge in [-0.3, -0.25) is 0 Å². The van der Waals surface area contributed by atoms with E-state index in [-0.39, 0.29) is 13.2 Å². The Kier molecular flexibility index (Phi) is 4.24. The maximum atomic E-state index is 9.32. The van der Waals surface area contributed by atoms with Gasteiger partial charge in [-0.1, -0.05) is 16.8 Å². The standard InChI is InChI=1S/C12H13ClN2O4/c1-7-14-11(15-19-7)6-18-12-8(5-16)3-9(13)4-10(12)17-2/h3-4,16H,5-6H2,1-2H3. The first-order valence-electron chi connectivity index (χ1n) is 5.53. The second-order valence-corrected chi connectivity index (χ2v) is 4.21. The molecular weight excluding hydrogens is 272 g/mol. The highest BCUT2D eigenvalue weighted by atomic mass is 35.5. The summed E-state index contributed by atoms with van der Waals surface area (Å²) in [7, 11) is 1.50. The molecule has 0 aliphatic carbocycles. The molecule has 0 saturated heterocycles. The van der Waals surface area contributed by atoms with Gasteiger partial charge in [-0.2, -0.15) is 4.98 Å². The molecule has 2 rings (SSSR count). The molecule has 0 spiro atoms. The molecule has 19 heavy (non-hydrogen) atoms. The fraction of sp³-hybridized carbons (Fsp3) is 0.333. The Hall–Kier alpha value is -1.79. The third kappa shape index (κ3) is 3.15. The molecule has 0 radical (unpaired) electrons. The number of rotatable bonds is 5. The minimum absolute atomic E-state index is 0.113. The molecule has 0 aliphatic heterocycles. The van der Waals surface area contributed by atoms with Gasteiger partial charge in [-0.15, -0.1) is 0 Å². The Morgan fingerprint density at radius 3 is 2.79 bits per heavy atom. The highest BCUT2D eigenvalue weighted by Gasteiger charge is 2.14. The summed E-state index contributed by atoms with van der Waals surface area (Å²) >= 11 is 5.91. The Labute approximate surface area is 114 Å². The summed E-state index contributed by atoms with van der Waals surface area (Å²) in [5.41, 5.74) is 0.532. The number of hydrogen-bond donors (Lipinski definition) is 1. The molecule has 1 aromatic carbocycles. The first-order chi connectivity index (χ1) is 9.13. The van der Waals surface area contributed by atoms with Gasteiger partial charge in [-0.05, 0) is 6.07 Å². The van der Waals surface area contributed by atoms with Crippen molar-refractivity contribution in [2.45, 2.75) is 20.1 Å². The largest absolute Gasteiger partial charge is 0.493 e. The lowest BCUT2D eigenvalue weighted by molar-refractivity contribution is 0.243. The van der Waals surface area contributed by atoms with E-state index < -0.39 is 0 Å². The van der Waals surface area contributed by atoms with Crippen LogP contribution < -0.4 is 9.47 Å². The number of benzene rings is 1. The zero-order chi connectivity index (χ0) is 13.8. The smallest absolute Gasteiger partial charge is 0.223 e. The summed E-state index contributed by atoms with van der Waals surface area (Å²) in [5.74, 6) is 1.73. The summed E-state index contributed by atoms with van der Waals surface area (Å²) in [6.07, 6.45) is 0. The van der Waals surface area contributed by atoms with Crippen molar-refractivity contribution in [3.05, 3.63) is 34.4 Å². The van der Waals surface area contributed by atoms with E-state index in [2.05, 4.69) is 10.1 Å². The van der Waals surface area contributed by atoms with E-state index in [1.165, 1.54) is 7.11 Å². The van der Waals surface area contributed by atoms with Crippen molar-refractivity contribution >= 4 is 11.6 Å². The van der Waals surface area contributed by atoms with Gasteiger partial charge < -0.3 is 19.1 Å². The lowest BCUT2D eigenvalue weighted by atomic mass is 10.2. The van der Waals surface area contributed by atoms with Gasteiger partial charge in [-0.25, -0.2) is 0 Å². The summed E-state index contributed by atoms with van der Waals surface area (Å²) in [6.45, 7) is 1.60. The van der Waals surface area contributed by atoms with Crippen molar-refractivity contribution in [2.24, 2.45) is 0 Å². The average molecular weight is 285 g/mol. The van der Waals surface area contributed by atoms with E-state index in [0.29, 0.717) is 33.8 Å². The van der Waals surface area contributed by atoms with Gasteiger partial charge in [0, 0.05) is 23.6 Å². The molecule has 0 atom stereocenters. The predicted molar refractivity (Wildman–Crippen MR) is 67.3 cm³/mol. The molecule has 0 bridgehead atoms. The lowest BCUT2D eigenvalue weighted by Gasteiger charge is -2.13. The number of halogens is 1. The van der Waals surface area contributed by atoms with E-state index >= 15 is 0 Å². The van der Waals surface area contributed by atoms with Crippen LogP contribution >= 0.6 is 11.6 Å². The number of ether oxygens (including phenoxy) is 2. The minimum Gasteiger partial charge on any atom is -0.493 e. The van der Waals surface area contributed by atoms with E-state index in [0.717, 1.165) is 0 Å². The number of aliphatic hydroxyl groups excluding tert-OH is 1. The Morgan fingerprint density at radius 1 is 1.42 bits per heavy atom. The third-order valence-electron chi connectivity index (χ3n) is 2.40. The first kappa shape index (κ1) is 13.6. The van der Waals surface area contributed by atoms with Crippen LogP contribution in [0.3, 0.4) is 0 Å². The maximum Gasteiger partial charge on any atom is 0.223 e. The summed E-state index contributed by atoms with van der Waals surface area (Å²) in [6, 6.07) is 3.22. The zero-order valence-corrected chi connectivity index (χ0v) is 11.3. The average Bonchev–Trinajstić information content (AvgIpc) is 2.81. The van der Waals surface area contributed by atoms with Crippen LogP contribution in [0.4, 0.5) is 0 Å². The number of aryl methyl sites for hydroxylation is 1. The van der Waals surface area contributed by atoms with Crippen LogP contribution in [0.1, 0.15) is 17.3 Å². The molecule has 7 heteroatoms. The van der Waals surface area contributed by atoms with Crippen LogP contribution in [0.25, 0.3) is 0 Å². The van der Waals surface area contributed by atoms with Gasteiger partial charge >= 0.3 is 0 Å². The SMILES string of the molecule is COc1cc(Cl)cc(CO)c1OCc1noc(C)n1. The van der Waals surface area contributed by atoms with Gasteiger partial charge in [0.15, 0.2) is 18.1 Å². The van der Waals surface area contributed by atoms with Crippen molar-refractivity contribution in [2.75, 3.05) is 7.11 Å². The predicted octanol–water partition coefficient (Wildman–Crippen LogP) is 2.11. The van der Waals surface area contributed by atoms with E-state index in [9.17, 15) is 5.11 Å². The number of nitrogens with zero attached hydrogens (tertiary/aromatic N) is 2. The molecule has 0 saturated carbocycles. The van der Waals surface area contributed by atoms with Crippen LogP contribution in [0.2, 0.25) is 5.02 Å². The Bertz CT molecular complexity index is 546. The Balaban J connectivity index is 2.23. The highest BCUT2D eigenvalue weighted by Crippen LogP contribution is 2.35. The fourth-order valence-corrected chi connectivity index (χ4v) is 1.82. The van der Waals surface area contributed by atoms with Gasteiger partial charge in [0.05, 0.1) is 13.7 Å². The minimum atomic E-state index is -0.211. The van der Waals surface area contributed by atoms with Crippen LogP contribution in [0.15, 0.2) is 16.7 Å². The Morgan fingerprint density at radius 2 is 2.21 bits per heavy atom. The molecule has 1 aromatic heterocycles. The van der Waals surface area contributed by atoms with Crippen molar-refractivity contribution in [3.8, 4) is 11.5 Å². The fourth-order valence-electron chi connectivity index (χ4n) is 1.59. The molecule has 2 aromatic rings. The van der Waals surface area contributed by atoms with E-state index in [1.807, 2.05) is 0 Å². The normalized spacial score (nSPS) is 10.5. The molecule has 0 amide bonds. The molecule has 0 unspecified atom stereocenters. The lowest BCUT2D eigenvalue weighted by Crippen LogP contribution is -2.02. The summed E-state index contributed by atoms with van der Waals surface area (Å²) in [5, 5.41) is 13.5. The second kappa shape index (κ2) is 5.90. The van der Waals surface area contributed by atoms with E-state index in [1.54, 1.807) is 19.1 Å². The monoisotopic (exact) mass is 284 g/mol. The van der Waals surface area contributed by atoms with Crippen molar-refractivity contribution in [1.29, 1.82) is 0 Å². The van der Waals surface area contributed by atoms with Crippen LogP contribution in [-0.4, -0.2) is 22.4 Å². The molecule has 102 valence electrons. The van der Waals surface area contributed by atoms with Crippen molar-refractivity contribution in [1.82, 2.24) is 10.1 Å². The molecule has 0 aliphatic rings. The summed E-state index contributed by atoms with van der Waals surface area (Å²) in [4.78, 5) is 4.02. The quantitative estimate of drug-likeness (QED) is 0.906. The zero-order valence-electron chi connectivity index (χ0n) is 10.5.